The number of hydroxylamine groups is 1. The van der Waals surface area contributed by atoms with Gasteiger partial charge in [0.25, 0.3) is 0 Å². The lowest BCUT2D eigenvalue weighted by Gasteiger charge is -2.17. The van der Waals surface area contributed by atoms with Gasteiger partial charge in [-0.05, 0) is 5.57 Å². The monoisotopic (exact) mass is 137 g/mol. The zero-order chi connectivity index (χ0) is 6.97. The highest BCUT2D eigenvalue weighted by molar-refractivity contribution is 5.26. The lowest BCUT2D eigenvalue weighted by molar-refractivity contribution is 0.0237. The fraction of sp³-hybridized carbons (Fsp3) is 0.500. The van der Waals surface area contributed by atoms with Crippen molar-refractivity contribution in [2.75, 3.05) is 6.54 Å². The van der Waals surface area contributed by atoms with E-state index in [1.807, 2.05) is 0 Å². The molecule has 1 N–H and O–H groups in total. The van der Waals surface area contributed by atoms with Crippen LogP contribution < -0.4 is 5.48 Å². The summed E-state index contributed by atoms with van der Waals surface area (Å²) < 4.78 is 0. The normalized spacial score (nSPS) is 37.5. The summed E-state index contributed by atoms with van der Waals surface area (Å²) in [6.45, 7) is 3.06. The van der Waals surface area contributed by atoms with Gasteiger partial charge in [-0.1, -0.05) is 25.2 Å². The molecule has 2 rings (SSSR count). The summed E-state index contributed by atoms with van der Waals surface area (Å²) in [6.07, 6.45) is 6.70. The van der Waals surface area contributed by atoms with E-state index in [9.17, 15) is 0 Å². The molecule has 0 spiro atoms. The largest absolute Gasteiger partial charge is 0.293 e. The second-order valence-electron chi connectivity index (χ2n) is 2.85. The fourth-order valence-electron chi connectivity index (χ4n) is 1.45. The first-order valence-electron chi connectivity index (χ1n) is 3.63. The Labute approximate surface area is 60.5 Å². The Bertz CT molecular complexity index is 195. The molecule has 0 aromatic carbocycles. The number of hydrogen-bond acceptors (Lipinski definition) is 2. The first-order valence-corrected chi connectivity index (χ1v) is 3.63. The standard InChI is InChI=1S/C8H11NO/c1-6-3-2-4-7-5-9-10-8(6)7/h2-4,6,8-9H,5H2,1H3. The van der Waals surface area contributed by atoms with Crippen LogP contribution in [0.2, 0.25) is 0 Å². The van der Waals surface area contributed by atoms with Crippen molar-refractivity contribution in [1.29, 1.82) is 0 Å². The van der Waals surface area contributed by atoms with E-state index in [0.717, 1.165) is 6.54 Å². The Kier molecular flexibility index (Phi) is 1.36. The van der Waals surface area contributed by atoms with Crippen LogP contribution in [0.4, 0.5) is 0 Å². The van der Waals surface area contributed by atoms with Crippen molar-refractivity contribution >= 4 is 0 Å². The predicted octanol–water partition coefficient (Wildman–Crippen LogP) is 1.02. The van der Waals surface area contributed by atoms with Crippen molar-refractivity contribution < 1.29 is 4.84 Å². The van der Waals surface area contributed by atoms with Gasteiger partial charge in [0.05, 0.1) is 0 Å². The molecule has 10 heavy (non-hydrogen) atoms. The van der Waals surface area contributed by atoms with E-state index < -0.39 is 0 Å². The van der Waals surface area contributed by atoms with Crippen LogP contribution in [-0.4, -0.2) is 12.6 Å². The summed E-state index contributed by atoms with van der Waals surface area (Å²) in [5, 5.41) is 0. The van der Waals surface area contributed by atoms with Gasteiger partial charge in [-0.3, -0.25) is 4.84 Å². The summed E-state index contributed by atoms with van der Waals surface area (Å²) in [6, 6.07) is 0. The Hall–Kier alpha value is -0.600. The van der Waals surface area contributed by atoms with Gasteiger partial charge in [0.15, 0.2) is 0 Å². The van der Waals surface area contributed by atoms with Crippen LogP contribution in [0.5, 0.6) is 0 Å². The molecule has 0 bridgehead atoms. The number of allylic oxidation sites excluding steroid dienone is 2. The van der Waals surface area contributed by atoms with Crippen LogP contribution in [0.25, 0.3) is 0 Å². The molecule has 1 saturated heterocycles. The van der Waals surface area contributed by atoms with Gasteiger partial charge in [-0.15, -0.1) is 0 Å². The molecule has 1 heterocycles. The highest BCUT2D eigenvalue weighted by atomic mass is 16.7. The molecule has 0 aromatic rings. The molecule has 2 atom stereocenters. The summed E-state index contributed by atoms with van der Waals surface area (Å²) in [4.78, 5) is 5.30. The second-order valence-corrected chi connectivity index (χ2v) is 2.85. The Morgan fingerprint density at radius 1 is 1.70 bits per heavy atom. The number of rotatable bonds is 0. The maximum Gasteiger partial charge on any atom is 0.108 e. The maximum atomic E-state index is 5.30. The van der Waals surface area contributed by atoms with Gasteiger partial charge < -0.3 is 0 Å². The zero-order valence-electron chi connectivity index (χ0n) is 6.00. The van der Waals surface area contributed by atoms with E-state index in [-0.39, 0.29) is 0 Å². The average Bonchev–Trinajstić information content (AvgIpc) is 2.36. The Morgan fingerprint density at radius 2 is 2.60 bits per heavy atom. The quantitative estimate of drug-likeness (QED) is 0.538. The lowest BCUT2D eigenvalue weighted by atomic mass is 9.93. The third-order valence-electron chi connectivity index (χ3n) is 2.05. The number of nitrogens with one attached hydrogen (secondary N) is 1. The number of hydrogen-bond donors (Lipinski definition) is 1. The summed E-state index contributed by atoms with van der Waals surface area (Å²) in [7, 11) is 0. The van der Waals surface area contributed by atoms with E-state index in [1.165, 1.54) is 5.57 Å². The Morgan fingerprint density at radius 3 is 3.40 bits per heavy atom. The second kappa shape index (κ2) is 2.22. The van der Waals surface area contributed by atoms with Crippen molar-refractivity contribution in [2.24, 2.45) is 5.92 Å². The minimum absolute atomic E-state index is 0.296. The third-order valence-corrected chi connectivity index (χ3v) is 2.05. The minimum Gasteiger partial charge on any atom is -0.293 e. The first kappa shape index (κ1) is 6.13. The predicted molar refractivity (Wildman–Crippen MR) is 39.3 cm³/mol. The molecule has 1 fully saturated rings. The van der Waals surface area contributed by atoms with E-state index in [1.54, 1.807) is 0 Å². The van der Waals surface area contributed by atoms with Gasteiger partial charge in [0, 0.05) is 12.5 Å². The van der Waals surface area contributed by atoms with Crippen LogP contribution in [-0.2, 0) is 4.84 Å². The van der Waals surface area contributed by atoms with Crippen LogP contribution in [0, 0.1) is 5.92 Å². The topological polar surface area (TPSA) is 21.3 Å². The third kappa shape index (κ3) is 0.805. The van der Waals surface area contributed by atoms with Gasteiger partial charge in [-0.2, -0.15) is 5.48 Å². The molecule has 1 aliphatic carbocycles. The molecule has 54 valence electrons. The number of fused-ring (bicyclic) bond motifs is 1. The van der Waals surface area contributed by atoms with Gasteiger partial charge in [0.2, 0.25) is 0 Å². The SMILES string of the molecule is CC1C=CC=C2CNOC21. The summed E-state index contributed by atoms with van der Waals surface area (Å²) in [5.41, 5.74) is 4.26. The lowest BCUT2D eigenvalue weighted by Crippen LogP contribution is -2.19. The molecular weight excluding hydrogens is 126 g/mol. The molecule has 2 heteroatoms. The minimum atomic E-state index is 0.296. The van der Waals surface area contributed by atoms with Crippen LogP contribution >= 0.6 is 0 Å². The van der Waals surface area contributed by atoms with E-state index >= 15 is 0 Å². The molecular formula is C8H11NO. The molecule has 0 saturated carbocycles. The van der Waals surface area contributed by atoms with Crippen molar-refractivity contribution in [2.45, 2.75) is 13.0 Å². The Balaban J connectivity index is 2.25. The summed E-state index contributed by atoms with van der Waals surface area (Å²) in [5.74, 6) is 0.523. The van der Waals surface area contributed by atoms with Crippen LogP contribution in [0.3, 0.4) is 0 Å². The zero-order valence-corrected chi connectivity index (χ0v) is 6.00. The first-order chi connectivity index (χ1) is 4.88. The highest BCUT2D eigenvalue weighted by Crippen LogP contribution is 2.24. The highest BCUT2D eigenvalue weighted by Gasteiger charge is 2.27. The smallest absolute Gasteiger partial charge is 0.108 e. The maximum absolute atomic E-state index is 5.30. The molecule has 2 unspecified atom stereocenters. The molecule has 0 radical (unpaired) electrons. The van der Waals surface area contributed by atoms with Gasteiger partial charge >= 0.3 is 0 Å². The molecule has 0 aromatic heterocycles. The van der Waals surface area contributed by atoms with Gasteiger partial charge in [-0.25, -0.2) is 0 Å². The average molecular weight is 137 g/mol. The van der Waals surface area contributed by atoms with Crippen molar-refractivity contribution in [3.8, 4) is 0 Å². The molecule has 0 amide bonds. The molecule has 2 aliphatic rings. The van der Waals surface area contributed by atoms with Crippen LogP contribution in [0.15, 0.2) is 23.8 Å². The molecule has 2 nitrogen and oxygen atoms in total. The van der Waals surface area contributed by atoms with Crippen molar-refractivity contribution in [3.63, 3.8) is 0 Å². The van der Waals surface area contributed by atoms with E-state index in [2.05, 4.69) is 30.6 Å². The van der Waals surface area contributed by atoms with E-state index in [4.69, 9.17) is 4.84 Å². The van der Waals surface area contributed by atoms with Gasteiger partial charge in [0.1, 0.15) is 6.10 Å². The molecule has 1 aliphatic heterocycles. The summed E-state index contributed by atoms with van der Waals surface area (Å²) >= 11 is 0. The van der Waals surface area contributed by atoms with Crippen molar-refractivity contribution in [1.82, 2.24) is 5.48 Å². The van der Waals surface area contributed by atoms with Crippen molar-refractivity contribution in [3.05, 3.63) is 23.8 Å². The fourth-order valence-corrected chi connectivity index (χ4v) is 1.45. The van der Waals surface area contributed by atoms with Crippen LogP contribution in [0.1, 0.15) is 6.92 Å². The van der Waals surface area contributed by atoms with E-state index in [0.29, 0.717) is 12.0 Å².